The number of aromatic nitrogens is 1. The predicted octanol–water partition coefficient (Wildman–Crippen LogP) is 2.38. The third-order valence-electron chi connectivity index (χ3n) is 2.90. The van der Waals surface area contributed by atoms with Crippen LogP contribution < -0.4 is 11.1 Å². The van der Waals surface area contributed by atoms with Gasteiger partial charge in [-0.15, -0.1) is 0 Å². The minimum atomic E-state index is 0.425. The van der Waals surface area contributed by atoms with Crippen LogP contribution in [0.2, 0.25) is 0 Å². The molecule has 0 aliphatic rings. The van der Waals surface area contributed by atoms with Gasteiger partial charge in [0.05, 0.1) is 0 Å². The highest BCUT2D eigenvalue weighted by Gasteiger charge is 2.03. The Balaban J connectivity index is 1.82. The molecular formula is C15H19N3. The van der Waals surface area contributed by atoms with E-state index in [4.69, 9.17) is 5.73 Å². The lowest BCUT2D eigenvalue weighted by atomic mass is 10.1. The highest BCUT2D eigenvalue weighted by molar-refractivity contribution is 5.39. The Morgan fingerprint density at radius 1 is 1.17 bits per heavy atom. The summed E-state index contributed by atoms with van der Waals surface area (Å²) < 4.78 is 0. The van der Waals surface area contributed by atoms with Crippen LogP contribution in [-0.4, -0.2) is 11.0 Å². The minimum Gasteiger partial charge on any atom is -0.399 e. The molecule has 0 fully saturated rings. The Kier molecular flexibility index (Phi) is 4.31. The molecule has 1 aromatic carbocycles. The van der Waals surface area contributed by atoms with Crippen molar-refractivity contribution < 1.29 is 0 Å². The second-order valence-electron chi connectivity index (χ2n) is 4.59. The maximum absolute atomic E-state index is 5.67. The van der Waals surface area contributed by atoms with Crippen molar-refractivity contribution in [3.05, 3.63) is 59.9 Å². The van der Waals surface area contributed by atoms with Gasteiger partial charge in [0.25, 0.3) is 0 Å². The smallest absolute Gasteiger partial charge is 0.0314 e. The fourth-order valence-corrected chi connectivity index (χ4v) is 1.87. The van der Waals surface area contributed by atoms with Gasteiger partial charge in [0.15, 0.2) is 0 Å². The summed E-state index contributed by atoms with van der Waals surface area (Å²) in [6, 6.07) is 12.5. The second kappa shape index (κ2) is 6.17. The molecule has 3 heteroatoms. The third-order valence-corrected chi connectivity index (χ3v) is 2.90. The number of nitrogens with one attached hydrogen (secondary N) is 1. The molecule has 1 aromatic heterocycles. The number of nitrogen functional groups attached to an aromatic ring is 1. The Bertz CT molecular complexity index is 465. The Morgan fingerprint density at radius 3 is 2.61 bits per heavy atom. The lowest BCUT2D eigenvalue weighted by molar-refractivity contribution is 0.545. The van der Waals surface area contributed by atoms with E-state index in [-0.39, 0.29) is 0 Å². The molecule has 0 saturated heterocycles. The van der Waals surface area contributed by atoms with Gasteiger partial charge in [-0.3, -0.25) is 4.98 Å². The highest BCUT2D eigenvalue weighted by atomic mass is 14.9. The summed E-state index contributed by atoms with van der Waals surface area (Å²) in [6.45, 7) is 3.04. The molecule has 0 amide bonds. The van der Waals surface area contributed by atoms with Gasteiger partial charge in [-0.1, -0.05) is 18.2 Å². The lowest BCUT2D eigenvalue weighted by Gasteiger charge is -2.14. The van der Waals surface area contributed by atoms with Crippen LogP contribution in [0, 0.1) is 0 Å². The molecule has 0 aliphatic heterocycles. The summed E-state index contributed by atoms with van der Waals surface area (Å²) in [4.78, 5) is 4.10. The van der Waals surface area contributed by atoms with Gasteiger partial charge in [0.2, 0.25) is 0 Å². The number of benzene rings is 1. The Labute approximate surface area is 108 Å². The first-order valence-corrected chi connectivity index (χ1v) is 6.21. The van der Waals surface area contributed by atoms with Gasteiger partial charge in [-0.2, -0.15) is 0 Å². The van der Waals surface area contributed by atoms with Crippen LogP contribution in [-0.2, 0) is 13.0 Å². The van der Waals surface area contributed by atoms with E-state index in [1.54, 1.807) is 6.20 Å². The molecule has 3 nitrogen and oxygen atoms in total. The van der Waals surface area contributed by atoms with E-state index in [1.807, 2.05) is 24.4 Å². The normalized spacial score (nSPS) is 12.3. The molecular weight excluding hydrogens is 222 g/mol. The van der Waals surface area contributed by atoms with Crippen LogP contribution in [0.4, 0.5) is 5.69 Å². The van der Waals surface area contributed by atoms with E-state index in [2.05, 4.69) is 35.4 Å². The van der Waals surface area contributed by atoms with E-state index >= 15 is 0 Å². The second-order valence-corrected chi connectivity index (χ2v) is 4.59. The molecule has 18 heavy (non-hydrogen) atoms. The summed E-state index contributed by atoms with van der Waals surface area (Å²) in [5, 5.41) is 3.49. The quantitative estimate of drug-likeness (QED) is 0.790. The van der Waals surface area contributed by atoms with Crippen molar-refractivity contribution in [2.24, 2.45) is 0 Å². The van der Waals surface area contributed by atoms with Crippen molar-refractivity contribution in [2.45, 2.75) is 25.9 Å². The summed E-state index contributed by atoms with van der Waals surface area (Å²) in [6.07, 6.45) is 4.69. The van der Waals surface area contributed by atoms with Crippen molar-refractivity contribution in [3.8, 4) is 0 Å². The number of nitrogens with zero attached hydrogens (tertiary/aromatic N) is 1. The largest absolute Gasteiger partial charge is 0.399 e. The van der Waals surface area contributed by atoms with Crippen molar-refractivity contribution in [3.63, 3.8) is 0 Å². The maximum atomic E-state index is 5.67. The van der Waals surface area contributed by atoms with Gasteiger partial charge in [-0.05, 0) is 42.7 Å². The number of nitrogens with two attached hydrogens (primary N) is 1. The Hall–Kier alpha value is -1.87. The number of hydrogen-bond donors (Lipinski definition) is 2. The van der Waals surface area contributed by atoms with E-state index in [0.29, 0.717) is 6.04 Å². The summed E-state index contributed by atoms with van der Waals surface area (Å²) in [5.74, 6) is 0. The molecule has 0 aliphatic carbocycles. The van der Waals surface area contributed by atoms with Crippen molar-refractivity contribution in [1.82, 2.24) is 10.3 Å². The summed E-state index contributed by atoms with van der Waals surface area (Å²) in [5.41, 5.74) is 9.00. The van der Waals surface area contributed by atoms with E-state index < -0.39 is 0 Å². The molecule has 2 aromatic rings. The topological polar surface area (TPSA) is 50.9 Å². The predicted molar refractivity (Wildman–Crippen MR) is 75.1 cm³/mol. The fourth-order valence-electron chi connectivity index (χ4n) is 1.87. The van der Waals surface area contributed by atoms with E-state index in [0.717, 1.165) is 18.7 Å². The average molecular weight is 241 g/mol. The van der Waals surface area contributed by atoms with E-state index in [9.17, 15) is 0 Å². The third kappa shape index (κ3) is 3.86. The maximum Gasteiger partial charge on any atom is 0.0314 e. The summed E-state index contributed by atoms with van der Waals surface area (Å²) >= 11 is 0. The van der Waals surface area contributed by atoms with Crippen LogP contribution in [0.15, 0.2) is 48.8 Å². The van der Waals surface area contributed by atoms with Gasteiger partial charge >= 0.3 is 0 Å². The number of rotatable bonds is 5. The van der Waals surface area contributed by atoms with Gasteiger partial charge in [0, 0.05) is 30.7 Å². The lowest BCUT2D eigenvalue weighted by Crippen LogP contribution is -2.27. The average Bonchev–Trinajstić information content (AvgIpc) is 2.40. The zero-order valence-corrected chi connectivity index (χ0v) is 10.6. The first-order chi connectivity index (χ1) is 8.74. The first-order valence-electron chi connectivity index (χ1n) is 6.21. The van der Waals surface area contributed by atoms with Crippen LogP contribution in [0.1, 0.15) is 18.1 Å². The molecule has 2 rings (SSSR count). The summed E-state index contributed by atoms with van der Waals surface area (Å²) in [7, 11) is 0. The number of hydrogen-bond acceptors (Lipinski definition) is 3. The van der Waals surface area contributed by atoms with Crippen LogP contribution in [0.3, 0.4) is 0 Å². The highest BCUT2D eigenvalue weighted by Crippen LogP contribution is 2.08. The molecule has 0 bridgehead atoms. The molecule has 0 saturated carbocycles. The molecule has 1 atom stereocenters. The van der Waals surface area contributed by atoms with Gasteiger partial charge in [-0.25, -0.2) is 0 Å². The Morgan fingerprint density at radius 2 is 1.94 bits per heavy atom. The SMILES string of the molecule is CC(Cc1ccc(N)cc1)NCc1cccnc1. The van der Waals surface area contributed by atoms with Crippen LogP contribution in [0.25, 0.3) is 0 Å². The van der Waals surface area contributed by atoms with Crippen molar-refractivity contribution in [2.75, 3.05) is 5.73 Å². The number of anilines is 1. The molecule has 0 spiro atoms. The molecule has 94 valence electrons. The van der Waals surface area contributed by atoms with Gasteiger partial charge in [0.1, 0.15) is 0 Å². The minimum absolute atomic E-state index is 0.425. The molecule has 1 heterocycles. The monoisotopic (exact) mass is 241 g/mol. The fraction of sp³-hybridized carbons (Fsp3) is 0.267. The number of pyridine rings is 1. The zero-order valence-electron chi connectivity index (χ0n) is 10.6. The van der Waals surface area contributed by atoms with Crippen LogP contribution >= 0.6 is 0 Å². The molecule has 1 unspecified atom stereocenters. The van der Waals surface area contributed by atoms with E-state index in [1.165, 1.54) is 11.1 Å². The zero-order chi connectivity index (χ0) is 12.8. The van der Waals surface area contributed by atoms with Crippen molar-refractivity contribution >= 4 is 5.69 Å². The first kappa shape index (κ1) is 12.6. The molecule has 0 radical (unpaired) electrons. The van der Waals surface area contributed by atoms with Gasteiger partial charge < -0.3 is 11.1 Å². The van der Waals surface area contributed by atoms with Crippen LogP contribution in [0.5, 0.6) is 0 Å². The standard InChI is InChI=1S/C15H19N3/c1-12(9-13-4-6-15(16)7-5-13)18-11-14-3-2-8-17-10-14/h2-8,10,12,18H,9,11,16H2,1H3. The molecule has 3 N–H and O–H groups in total. The van der Waals surface area contributed by atoms with Crippen molar-refractivity contribution in [1.29, 1.82) is 0 Å².